The van der Waals surface area contributed by atoms with E-state index in [1.807, 2.05) is 24.4 Å². The normalized spacial score (nSPS) is 14.4. The van der Waals surface area contributed by atoms with Crippen LogP contribution in [0, 0.1) is 0 Å². The quantitative estimate of drug-likeness (QED) is 0.651. The highest BCUT2D eigenvalue weighted by Crippen LogP contribution is 2.23. The highest BCUT2D eigenvalue weighted by molar-refractivity contribution is 9.10. The molecule has 4 heterocycles. The van der Waals surface area contributed by atoms with E-state index in [0.29, 0.717) is 0 Å². The van der Waals surface area contributed by atoms with Gasteiger partial charge in [-0.05, 0) is 39.7 Å². The minimum atomic E-state index is 0.777. The molecule has 0 amide bonds. The molecule has 4 rings (SSSR count). The summed E-state index contributed by atoms with van der Waals surface area (Å²) in [6.45, 7) is 2.73. The van der Waals surface area contributed by atoms with Crippen LogP contribution >= 0.6 is 15.9 Å². The van der Waals surface area contributed by atoms with E-state index in [9.17, 15) is 0 Å². The zero-order chi connectivity index (χ0) is 16.4. The summed E-state index contributed by atoms with van der Waals surface area (Å²) in [6, 6.07) is 7.96. The first-order valence-electron chi connectivity index (χ1n) is 7.86. The first-order chi connectivity index (χ1) is 11.8. The summed E-state index contributed by atoms with van der Waals surface area (Å²) in [6.07, 6.45) is 8.24. The van der Waals surface area contributed by atoms with Gasteiger partial charge in [-0.3, -0.25) is 9.88 Å². The van der Waals surface area contributed by atoms with Crippen LogP contribution < -0.4 is 0 Å². The molecule has 1 aliphatic rings. The van der Waals surface area contributed by atoms with Crippen molar-refractivity contribution in [3.8, 4) is 11.4 Å². The SMILES string of the molecule is Brc1ncccc1CN1CCc2nc(-c3ccncc3)ncc2C1. The third-order valence-corrected chi connectivity index (χ3v) is 4.90. The topological polar surface area (TPSA) is 54.8 Å². The van der Waals surface area contributed by atoms with Crippen LogP contribution in [0.2, 0.25) is 0 Å². The zero-order valence-electron chi connectivity index (χ0n) is 13.1. The smallest absolute Gasteiger partial charge is 0.159 e. The Hall–Kier alpha value is -2.18. The Morgan fingerprint density at radius 3 is 2.79 bits per heavy atom. The highest BCUT2D eigenvalue weighted by atomic mass is 79.9. The molecule has 0 atom stereocenters. The van der Waals surface area contributed by atoms with E-state index in [0.717, 1.165) is 47.7 Å². The molecule has 3 aromatic heterocycles. The van der Waals surface area contributed by atoms with Gasteiger partial charge in [0.15, 0.2) is 5.82 Å². The summed E-state index contributed by atoms with van der Waals surface area (Å²) >= 11 is 3.52. The maximum atomic E-state index is 4.76. The predicted octanol–water partition coefficient (Wildman–Crippen LogP) is 3.25. The third kappa shape index (κ3) is 3.20. The monoisotopic (exact) mass is 381 g/mol. The van der Waals surface area contributed by atoms with Crippen LogP contribution in [0.4, 0.5) is 0 Å². The molecule has 0 saturated heterocycles. The van der Waals surface area contributed by atoms with E-state index in [-0.39, 0.29) is 0 Å². The van der Waals surface area contributed by atoms with Crippen molar-refractivity contribution in [1.82, 2.24) is 24.8 Å². The molecule has 0 radical (unpaired) electrons. The minimum absolute atomic E-state index is 0.777. The molecule has 5 nitrogen and oxygen atoms in total. The molecule has 3 aromatic rings. The van der Waals surface area contributed by atoms with Gasteiger partial charge in [-0.25, -0.2) is 15.0 Å². The number of rotatable bonds is 3. The van der Waals surface area contributed by atoms with Gasteiger partial charge in [0, 0.05) is 62.0 Å². The summed E-state index contributed by atoms with van der Waals surface area (Å²) in [5, 5.41) is 0. The molecular formula is C18H16BrN5. The van der Waals surface area contributed by atoms with Gasteiger partial charge < -0.3 is 0 Å². The van der Waals surface area contributed by atoms with Gasteiger partial charge in [-0.2, -0.15) is 0 Å². The van der Waals surface area contributed by atoms with Crippen LogP contribution in [-0.4, -0.2) is 31.4 Å². The first-order valence-corrected chi connectivity index (χ1v) is 8.66. The minimum Gasteiger partial charge on any atom is -0.294 e. The van der Waals surface area contributed by atoms with Gasteiger partial charge in [-0.15, -0.1) is 0 Å². The van der Waals surface area contributed by atoms with Crippen molar-refractivity contribution >= 4 is 15.9 Å². The average molecular weight is 382 g/mol. The summed E-state index contributed by atoms with van der Waals surface area (Å²) in [4.78, 5) is 20.0. The van der Waals surface area contributed by atoms with Crippen LogP contribution in [0.3, 0.4) is 0 Å². The zero-order valence-corrected chi connectivity index (χ0v) is 14.6. The van der Waals surface area contributed by atoms with E-state index in [1.165, 1.54) is 11.1 Å². The van der Waals surface area contributed by atoms with Gasteiger partial charge >= 0.3 is 0 Å². The molecule has 0 saturated carbocycles. The molecule has 0 spiro atoms. The molecule has 0 bridgehead atoms. The van der Waals surface area contributed by atoms with Crippen molar-refractivity contribution < 1.29 is 0 Å². The third-order valence-electron chi connectivity index (χ3n) is 4.18. The maximum Gasteiger partial charge on any atom is 0.159 e. The van der Waals surface area contributed by atoms with Crippen LogP contribution in [0.15, 0.2) is 53.7 Å². The molecule has 120 valence electrons. The van der Waals surface area contributed by atoms with E-state index >= 15 is 0 Å². The van der Waals surface area contributed by atoms with Crippen molar-refractivity contribution in [3.05, 3.63) is 70.5 Å². The number of aromatic nitrogens is 4. The second-order valence-electron chi connectivity index (χ2n) is 5.82. The summed E-state index contributed by atoms with van der Waals surface area (Å²) in [5.41, 5.74) is 4.57. The summed E-state index contributed by atoms with van der Waals surface area (Å²) in [5.74, 6) is 0.777. The Bertz CT molecular complexity index is 853. The number of pyridine rings is 2. The molecule has 0 aromatic carbocycles. The fourth-order valence-corrected chi connectivity index (χ4v) is 3.30. The van der Waals surface area contributed by atoms with E-state index in [1.54, 1.807) is 18.6 Å². The standard InChI is InChI=1S/C18H16BrN5/c19-17-14(2-1-6-21-17)11-24-9-5-16-15(12-24)10-22-18(23-16)13-3-7-20-8-4-13/h1-4,6-8,10H,5,9,11-12H2. The lowest BCUT2D eigenvalue weighted by Gasteiger charge is -2.28. The summed E-state index contributed by atoms with van der Waals surface area (Å²) < 4.78 is 0.917. The number of hydrogen-bond acceptors (Lipinski definition) is 5. The lowest BCUT2D eigenvalue weighted by Crippen LogP contribution is -2.31. The molecule has 24 heavy (non-hydrogen) atoms. The Morgan fingerprint density at radius 1 is 1.08 bits per heavy atom. The Morgan fingerprint density at radius 2 is 1.96 bits per heavy atom. The van der Waals surface area contributed by atoms with Crippen LogP contribution in [0.1, 0.15) is 16.8 Å². The van der Waals surface area contributed by atoms with Gasteiger partial charge in [0.1, 0.15) is 4.60 Å². The lowest BCUT2D eigenvalue weighted by atomic mass is 10.1. The fraction of sp³-hybridized carbons (Fsp3) is 0.222. The van der Waals surface area contributed by atoms with Crippen molar-refractivity contribution in [2.75, 3.05) is 6.54 Å². The van der Waals surface area contributed by atoms with E-state index < -0.39 is 0 Å². The number of hydrogen-bond donors (Lipinski definition) is 0. The Kier molecular flexibility index (Phi) is 4.32. The lowest BCUT2D eigenvalue weighted by molar-refractivity contribution is 0.242. The van der Waals surface area contributed by atoms with Gasteiger partial charge in [0.05, 0.1) is 5.69 Å². The van der Waals surface area contributed by atoms with E-state index in [2.05, 4.69) is 41.8 Å². The van der Waals surface area contributed by atoms with Crippen LogP contribution in [0.5, 0.6) is 0 Å². The first kappa shape index (κ1) is 15.4. The molecule has 0 unspecified atom stereocenters. The molecule has 0 aliphatic carbocycles. The Balaban J connectivity index is 1.53. The Labute approximate surface area is 149 Å². The number of halogens is 1. The van der Waals surface area contributed by atoms with Crippen molar-refractivity contribution in [1.29, 1.82) is 0 Å². The highest BCUT2D eigenvalue weighted by Gasteiger charge is 2.19. The summed E-state index contributed by atoms with van der Waals surface area (Å²) in [7, 11) is 0. The second kappa shape index (κ2) is 6.75. The second-order valence-corrected chi connectivity index (χ2v) is 6.57. The molecular weight excluding hydrogens is 366 g/mol. The van der Waals surface area contributed by atoms with Crippen molar-refractivity contribution in [2.24, 2.45) is 0 Å². The van der Waals surface area contributed by atoms with Crippen molar-refractivity contribution in [3.63, 3.8) is 0 Å². The van der Waals surface area contributed by atoms with Crippen molar-refractivity contribution in [2.45, 2.75) is 19.5 Å². The van der Waals surface area contributed by atoms with Gasteiger partial charge in [0.25, 0.3) is 0 Å². The number of nitrogens with zero attached hydrogens (tertiary/aromatic N) is 5. The van der Waals surface area contributed by atoms with Gasteiger partial charge in [-0.1, -0.05) is 6.07 Å². The fourth-order valence-electron chi connectivity index (χ4n) is 2.93. The van der Waals surface area contributed by atoms with Crippen LogP contribution in [-0.2, 0) is 19.5 Å². The van der Waals surface area contributed by atoms with E-state index in [4.69, 9.17) is 4.98 Å². The maximum absolute atomic E-state index is 4.76. The molecule has 1 aliphatic heterocycles. The predicted molar refractivity (Wildman–Crippen MR) is 95.0 cm³/mol. The number of fused-ring (bicyclic) bond motifs is 1. The van der Waals surface area contributed by atoms with Crippen LogP contribution in [0.25, 0.3) is 11.4 Å². The molecule has 0 N–H and O–H groups in total. The average Bonchev–Trinajstić information content (AvgIpc) is 2.64. The largest absolute Gasteiger partial charge is 0.294 e. The molecule has 0 fully saturated rings. The molecule has 6 heteroatoms. The van der Waals surface area contributed by atoms with Gasteiger partial charge in [0.2, 0.25) is 0 Å².